The number of nitrogens with one attached hydrogen (secondary N) is 3. The molecule has 1 saturated heterocycles. The highest BCUT2D eigenvalue weighted by molar-refractivity contribution is 6.08. The van der Waals surface area contributed by atoms with Crippen molar-refractivity contribution in [2.75, 3.05) is 6.54 Å². The molecular weight excluding hydrogens is 262 g/mol. The molecule has 4 amide bonds. The Bertz CT molecular complexity index is 527. The van der Waals surface area contributed by atoms with Crippen LogP contribution in [-0.4, -0.2) is 45.0 Å². The number of nitrogens with zero attached hydrogens (tertiary/aromatic N) is 2. The van der Waals surface area contributed by atoms with Crippen LogP contribution in [0, 0.1) is 0 Å². The van der Waals surface area contributed by atoms with Crippen molar-refractivity contribution in [1.82, 2.24) is 25.7 Å². The Morgan fingerprint density at radius 2 is 2.25 bits per heavy atom. The van der Waals surface area contributed by atoms with E-state index in [1.165, 1.54) is 0 Å². The van der Waals surface area contributed by atoms with Crippen LogP contribution in [0.5, 0.6) is 0 Å². The fourth-order valence-corrected chi connectivity index (χ4v) is 1.91. The molecule has 1 fully saturated rings. The Balaban J connectivity index is 1.91. The highest BCUT2D eigenvalue weighted by Crippen LogP contribution is 2.20. The van der Waals surface area contributed by atoms with Crippen LogP contribution in [0.25, 0.3) is 0 Å². The van der Waals surface area contributed by atoms with Crippen LogP contribution < -0.4 is 10.6 Å². The Kier molecular flexibility index (Phi) is 3.73. The van der Waals surface area contributed by atoms with Gasteiger partial charge in [-0.3, -0.25) is 19.6 Å². The summed E-state index contributed by atoms with van der Waals surface area (Å²) in [5.74, 6) is -0.773. The molecule has 8 nitrogen and oxygen atoms in total. The number of carbonyl (C=O) groups is 3. The smallest absolute Gasteiger partial charge is 0.325 e. The Labute approximate surface area is 115 Å². The van der Waals surface area contributed by atoms with Crippen LogP contribution in [0.1, 0.15) is 26.0 Å². The number of hydrogen-bond donors (Lipinski definition) is 3. The van der Waals surface area contributed by atoms with Gasteiger partial charge < -0.3 is 10.6 Å². The highest BCUT2D eigenvalue weighted by atomic mass is 16.2. The summed E-state index contributed by atoms with van der Waals surface area (Å²) in [7, 11) is 0. The molecule has 1 aliphatic heterocycles. The maximum Gasteiger partial charge on any atom is 0.325 e. The van der Waals surface area contributed by atoms with Gasteiger partial charge in [0, 0.05) is 6.20 Å². The molecule has 1 aromatic rings. The van der Waals surface area contributed by atoms with Gasteiger partial charge >= 0.3 is 6.03 Å². The lowest BCUT2D eigenvalue weighted by Crippen LogP contribution is -2.44. The van der Waals surface area contributed by atoms with Crippen molar-refractivity contribution in [2.24, 2.45) is 0 Å². The van der Waals surface area contributed by atoms with Crippen molar-refractivity contribution >= 4 is 17.8 Å². The van der Waals surface area contributed by atoms with E-state index in [4.69, 9.17) is 0 Å². The van der Waals surface area contributed by atoms with E-state index < -0.39 is 17.5 Å². The van der Waals surface area contributed by atoms with Crippen molar-refractivity contribution in [3.8, 4) is 0 Å². The summed E-state index contributed by atoms with van der Waals surface area (Å²) in [6.07, 6.45) is 2.05. The van der Waals surface area contributed by atoms with Gasteiger partial charge in [0.2, 0.25) is 5.91 Å². The zero-order valence-electron chi connectivity index (χ0n) is 11.4. The number of amides is 4. The quantitative estimate of drug-likeness (QED) is 0.646. The molecule has 1 aliphatic rings. The standard InChI is InChI=1S/C12H17N5O3/c1-3-12(2)10(19)17(11(20)15-12)7-9(18)13-6-8-4-5-14-16-8/h4-5H,3,6-7H2,1-2H3,(H,13,18)(H,14,16)(H,15,20). The van der Waals surface area contributed by atoms with Gasteiger partial charge in [-0.25, -0.2) is 4.79 Å². The molecule has 0 radical (unpaired) electrons. The van der Waals surface area contributed by atoms with Crippen molar-refractivity contribution in [3.63, 3.8) is 0 Å². The SMILES string of the molecule is CCC1(C)NC(=O)N(CC(=O)NCc2ccn[nH]2)C1=O. The normalized spacial score (nSPS) is 22.0. The van der Waals surface area contributed by atoms with Crippen molar-refractivity contribution in [2.45, 2.75) is 32.4 Å². The maximum atomic E-state index is 12.1. The molecule has 108 valence electrons. The van der Waals surface area contributed by atoms with E-state index in [0.29, 0.717) is 6.42 Å². The number of H-pyrrole nitrogens is 1. The van der Waals surface area contributed by atoms with E-state index in [1.54, 1.807) is 26.1 Å². The predicted octanol–water partition coefficient (Wildman–Crippen LogP) is -0.254. The summed E-state index contributed by atoms with van der Waals surface area (Å²) in [5.41, 5.74) is -0.172. The zero-order chi connectivity index (χ0) is 14.8. The number of aromatic amines is 1. The highest BCUT2D eigenvalue weighted by Gasteiger charge is 2.46. The summed E-state index contributed by atoms with van der Waals surface area (Å²) >= 11 is 0. The molecule has 20 heavy (non-hydrogen) atoms. The van der Waals surface area contributed by atoms with E-state index >= 15 is 0 Å². The second kappa shape index (κ2) is 5.32. The van der Waals surface area contributed by atoms with E-state index in [1.807, 2.05) is 0 Å². The van der Waals surface area contributed by atoms with Gasteiger partial charge in [0.15, 0.2) is 0 Å². The molecule has 1 unspecified atom stereocenters. The predicted molar refractivity (Wildman–Crippen MR) is 69.4 cm³/mol. The average molecular weight is 279 g/mol. The second-order valence-electron chi connectivity index (χ2n) is 4.87. The molecule has 1 aromatic heterocycles. The van der Waals surface area contributed by atoms with Crippen LogP contribution in [0.3, 0.4) is 0 Å². The topological polar surface area (TPSA) is 107 Å². The summed E-state index contributed by atoms with van der Waals surface area (Å²) in [5, 5.41) is 11.7. The third kappa shape index (κ3) is 2.63. The fourth-order valence-electron chi connectivity index (χ4n) is 1.91. The van der Waals surface area contributed by atoms with Gasteiger partial charge in [-0.05, 0) is 19.4 Å². The lowest BCUT2D eigenvalue weighted by molar-refractivity contribution is -0.134. The van der Waals surface area contributed by atoms with E-state index in [-0.39, 0.29) is 19.0 Å². The fraction of sp³-hybridized carbons (Fsp3) is 0.500. The third-order valence-corrected chi connectivity index (χ3v) is 3.39. The summed E-state index contributed by atoms with van der Waals surface area (Å²) in [4.78, 5) is 36.5. The molecule has 0 aromatic carbocycles. The molecule has 3 N–H and O–H groups in total. The van der Waals surface area contributed by atoms with E-state index in [2.05, 4.69) is 20.8 Å². The zero-order valence-corrected chi connectivity index (χ0v) is 11.4. The molecule has 2 heterocycles. The van der Waals surface area contributed by atoms with Gasteiger partial charge in [0.05, 0.1) is 12.2 Å². The van der Waals surface area contributed by atoms with E-state index in [0.717, 1.165) is 10.6 Å². The lowest BCUT2D eigenvalue weighted by Gasteiger charge is -2.19. The van der Waals surface area contributed by atoms with Gasteiger partial charge in [-0.15, -0.1) is 0 Å². The first-order valence-electron chi connectivity index (χ1n) is 6.35. The molecule has 0 spiro atoms. The summed E-state index contributed by atoms with van der Waals surface area (Å²) in [6.45, 7) is 3.44. The first-order valence-corrected chi connectivity index (χ1v) is 6.35. The number of carbonyl (C=O) groups excluding carboxylic acids is 3. The van der Waals surface area contributed by atoms with E-state index in [9.17, 15) is 14.4 Å². The minimum absolute atomic E-state index is 0.271. The Hall–Kier alpha value is -2.38. The van der Waals surface area contributed by atoms with Gasteiger partial charge in [-0.1, -0.05) is 6.92 Å². The number of aromatic nitrogens is 2. The van der Waals surface area contributed by atoms with Gasteiger partial charge in [0.25, 0.3) is 5.91 Å². The molecule has 2 rings (SSSR count). The molecular formula is C12H17N5O3. The molecule has 0 saturated carbocycles. The summed E-state index contributed by atoms with van der Waals surface area (Å²) in [6, 6.07) is 1.19. The Morgan fingerprint density at radius 1 is 1.50 bits per heavy atom. The monoisotopic (exact) mass is 279 g/mol. The van der Waals surface area contributed by atoms with Crippen LogP contribution in [0.4, 0.5) is 4.79 Å². The number of rotatable bonds is 5. The van der Waals surface area contributed by atoms with Gasteiger partial charge in [0.1, 0.15) is 12.1 Å². The average Bonchev–Trinajstić information content (AvgIpc) is 3.00. The minimum atomic E-state index is -0.916. The van der Waals surface area contributed by atoms with Crippen LogP contribution in [-0.2, 0) is 16.1 Å². The number of imide groups is 1. The van der Waals surface area contributed by atoms with Gasteiger partial charge in [-0.2, -0.15) is 5.10 Å². The largest absolute Gasteiger partial charge is 0.349 e. The number of hydrogen-bond acceptors (Lipinski definition) is 4. The molecule has 8 heteroatoms. The summed E-state index contributed by atoms with van der Waals surface area (Å²) < 4.78 is 0. The maximum absolute atomic E-state index is 12.1. The molecule has 1 atom stereocenters. The molecule has 0 bridgehead atoms. The number of urea groups is 1. The first-order chi connectivity index (χ1) is 9.46. The van der Waals surface area contributed by atoms with Crippen molar-refractivity contribution in [3.05, 3.63) is 18.0 Å². The minimum Gasteiger partial charge on any atom is -0.349 e. The molecule has 0 aliphatic carbocycles. The Morgan fingerprint density at radius 3 is 2.80 bits per heavy atom. The van der Waals surface area contributed by atoms with Crippen molar-refractivity contribution < 1.29 is 14.4 Å². The van der Waals surface area contributed by atoms with Crippen molar-refractivity contribution in [1.29, 1.82) is 0 Å². The van der Waals surface area contributed by atoms with Crippen LogP contribution in [0.2, 0.25) is 0 Å². The van der Waals surface area contributed by atoms with Crippen LogP contribution >= 0.6 is 0 Å². The first kappa shape index (κ1) is 14.0. The lowest BCUT2D eigenvalue weighted by atomic mass is 9.99. The third-order valence-electron chi connectivity index (χ3n) is 3.39. The second-order valence-corrected chi connectivity index (χ2v) is 4.87. The van der Waals surface area contributed by atoms with Crippen LogP contribution in [0.15, 0.2) is 12.3 Å².